The number of amides is 3. The van der Waals surface area contributed by atoms with Gasteiger partial charge in [0.15, 0.2) is 0 Å². The Balaban J connectivity index is 1.28. The van der Waals surface area contributed by atoms with Crippen LogP contribution < -0.4 is 0 Å². The number of hydrogen-bond acceptors (Lipinski definition) is 7. The monoisotopic (exact) mass is 483 g/mol. The molecule has 1 spiro atoms. The van der Waals surface area contributed by atoms with Crippen LogP contribution in [-0.2, 0) is 23.9 Å². The zero-order valence-corrected chi connectivity index (χ0v) is 19.8. The summed E-state index contributed by atoms with van der Waals surface area (Å²) in [6, 6.07) is 2.53. The number of carbonyl (C=O) groups is 4. The number of furan rings is 1. The van der Waals surface area contributed by atoms with Crippen LogP contribution in [0.5, 0.6) is 0 Å². The Labute approximate surface area is 202 Å². The van der Waals surface area contributed by atoms with Crippen molar-refractivity contribution in [2.24, 2.45) is 17.8 Å². The average Bonchev–Trinajstić information content (AvgIpc) is 3.64. The van der Waals surface area contributed by atoms with Gasteiger partial charge in [0, 0.05) is 38.5 Å². The molecule has 186 valence electrons. The van der Waals surface area contributed by atoms with Crippen LogP contribution in [0.3, 0.4) is 0 Å². The minimum absolute atomic E-state index is 0.0563. The first-order chi connectivity index (χ1) is 16.9. The summed E-state index contributed by atoms with van der Waals surface area (Å²) in [5.41, 5.74) is -1.00. The topological polar surface area (TPSA) is 110 Å². The Morgan fingerprint density at radius 3 is 2.60 bits per heavy atom. The zero-order chi connectivity index (χ0) is 24.5. The molecule has 0 aromatic carbocycles. The molecule has 0 N–H and O–H groups in total. The first-order valence-corrected chi connectivity index (χ1v) is 12.3. The van der Waals surface area contributed by atoms with Gasteiger partial charge < -0.3 is 28.6 Å². The van der Waals surface area contributed by atoms with E-state index in [1.807, 2.05) is 19.1 Å². The smallest absolute Gasteiger partial charge is 0.409 e. The Kier molecular flexibility index (Phi) is 5.07. The lowest BCUT2D eigenvalue weighted by molar-refractivity contribution is -0.150. The van der Waals surface area contributed by atoms with Gasteiger partial charge in [-0.3, -0.25) is 14.4 Å². The fraction of sp³-hybridized carbons (Fsp3) is 0.600. The minimum Gasteiger partial charge on any atom is -0.467 e. The molecular formula is C25H29N3O7. The fourth-order valence-corrected chi connectivity index (χ4v) is 6.78. The molecule has 1 aromatic rings. The van der Waals surface area contributed by atoms with E-state index in [-0.39, 0.29) is 30.1 Å². The van der Waals surface area contributed by atoms with Crippen molar-refractivity contribution in [3.63, 3.8) is 0 Å². The first-order valence-electron chi connectivity index (χ1n) is 12.3. The van der Waals surface area contributed by atoms with Crippen LogP contribution in [-0.4, -0.2) is 88.9 Å². The molecule has 35 heavy (non-hydrogen) atoms. The average molecular weight is 484 g/mol. The molecular weight excluding hydrogens is 454 g/mol. The normalized spacial score (nSPS) is 37.6. The number of rotatable bonds is 3. The highest BCUT2D eigenvalue weighted by Gasteiger charge is 2.74. The van der Waals surface area contributed by atoms with Crippen molar-refractivity contribution >= 4 is 23.7 Å². The molecule has 0 aliphatic carbocycles. The van der Waals surface area contributed by atoms with Crippen LogP contribution in [0.4, 0.5) is 4.79 Å². The number of piperazine rings is 1. The second-order valence-corrected chi connectivity index (χ2v) is 9.99. The van der Waals surface area contributed by atoms with E-state index in [2.05, 4.69) is 0 Å². The Hall–Kier alpha value is -3.14. The first kappa shape index (κ1) is 22.3. The van der Waals surface area contributed by atoms with E-state index in [0.717, 1.165) is 0 Å². The molecule has 0 saturated carbocycles. The van der Waals surface area contributed by atoms with E-state index >= 15 is 0 Å². The highest BCUT2D eigenvalue weighted by Crippen LogP contribution is 2.60. The van der Waals surface area contributed by atoms with Crippen molar-refractivity contribution in [1.29, 1.82) is 0 Å². The number of fused-ring (bicyclic) bond motifs is 2. The highest BCUT2D eigenvalue weighted by molar-refractivity contribution is 5.96. The molecule has 6 heterocycles. The largest absolute Gasteiger partial charge is 0.467 e. The number of nitrogens with zero attached hydrogens (tertiary/aromatic N) is 3. The van der Waals surface area contributed by atoms with Gasteiger partial charge in [-0.05, 0) is 19.1 Å². The van der Waals surface area contributed by atoms with Gasteiger partial charge in [-0.25, -0.2) is 4.79 Å². The molecule has 10 nitrogen and oxygen atoms in total. The molecule has 3 amide bonds. The van der Waals surface area contributed by atoms with Crippen LogP contribution in [0, 0.1) is 17.8 Å². The lowest BCUT2D eigenvalue weighted by Gasteiger charge is -2.43. The molecule has 2 bridgehead atoms. The van der Waals surface area contributed by atoms with Crippen molar-refractivity contribution in [3.05, 3.63) is 36.3 Å². The molecule has 6 rings (SSSR count). The number of ether oxygens (including phenoxy) is 2. The SMILES string of the molecule is CCOC(=O)N1CCN(C(=O)[C@H]2[C@H]3C(=O)N4[C@@H](c5ccco5)CC(=O)[C@H](C)[C@@H]4[C@]34C=C[C@H]2O4)CC1. The van der Waals surface area contributed by atoms with Gasteiger partial charge in [0.2, 0.25) is 11.8 Å². The van der Waals surface area contributed by atoms with Gasteiger partial charge in [0.25, 0.3) is 0 Å². The summed E-state index contributed by atoms with van der Waals surface area (Å²) in [6.07, 6.45) is 4.61. The third kappa shape index (κ3) is 3.05. The lowest BCUT2D eigenvalue weighted by Crippen LogP contribution is -2.55. The third-order valence-electron chi connectivity index (χ3n) is 8.35. The molecule has 0 radical (unpaired) electrons. The summed E-state index contributed by atoms with van der Waals surface area (Å²) in [7, 11) is 0. The van der Waals surface area contributed by atoms with E-state index in [9.17, 15) is 19.2 Å². The van der Waals surface area contributed by atoms with Crippen LogP contribution in [0.1, 0.15) is 32.1 Å². The maximum atomic E-state index is 14.0. The van der Waals surface area contributed by atoms with Crippen LogP contribution in [0.15, 0.2) is 35.0 Å². The Morgan fingerprint density at radius 2 is 1.91 bits per heavy atom. The molecule has 5 aliphatic heterocycles. The summed E-state index contributed by atoms with van der Waals surface area (Å²) in [5.74, 6) is -1.45. The maximum Gasteiger partial charge on any atom is 0.409 e. The molecule has 0 unspecified atom stereocenters. The number of piperidine rings is 1. The number of Topliss-reactive ketones (excluding diaryl/α,β-unsaturated/α-hetero) is 1. The van der Waals surface area contributed by atoms with Crippen LogP contribution >= 0.6 is 0 Å². The van der Waals surface area contributed by atoms with E-state index in [4.69, 9.17) is 13.9 Å². The highest BCUT2D eigenvalue weighted by atomic mass is 16.6. The predicted molar refractivity (Wildman–Crippen MR) is 120 cm³/mol. The quantitative estimate of drug-likeness (QED) is 0.598. The standard InChI is InChI=1S/C25H29N3O7/c1-3-33-24(32)27-10-8-26(9-11-27)22(30)19-18-6-7-25(35-18)20(19)23(31)28-15(17-5-4-12-34-17)13-16(29)14(2)21(25)28/h4-7,12,14-15,18-21H,3,8-11,13H2,1-2H3/t14-,15+,18+,19+,20-,21+,25-/m0/s1. The number of ketones is 1. The summed E-state index contributed by atoms with van der Waals surface area (Å²) < 4.78 is 17.1. The van der Waals surface area contributed by atoms with Gasteiger partial charge in [0.1, 0.15) is 17.1 Å². The van der Waals surface area contributed by atoms with Gasteiger partial charge >= 0.3 is 6.09 Å². The number of hydrogen-bond donors (Lipinski definition) is 0. The molecule has 4 saturated heterocycles. The van der Waals surface area contributed by atoms with Gasteiger partial charge in [-0.2, -0.15) is 0 Å². The molecule has 10 heteroatoms. The van der Waals surface area contributed by atoms with Gasteiger partial charge in [0.05, 0.1) is 42.9 Å². The van der Waals surface area contributed by atoms with E-state index in [0.29, 0.717) is 38.5 Å². The van der Waals surface area contributed by atoms with Gasteiger partial charge in [-0.1, -0.05) is 19.1 Å². The predicted octanol–water partition coefficient (Wildman–Crippen LogP) is 1.38. The van der Waals surface area contributed by atoms with Crippen molar-refractivity contribution in [2.45, 2.75) is 44.1 Å². The molecule has 1 aromatic heterocycles. The number of carbonyl (C=O) groups excluding carboxylic acids is 4. The zero-order valence-electron chi connectivity index (χ0n) is 19.8. The van der Waals surface area contributed by atoms with Crippen molar-refractivity contribution in [1.82, 2.24) is 14.7 Å². The lowest BCUT2D eigenvalue weighted by atomic mass is 9.70. The summed E-state index contributed by atoms with van der Waals surface area (Å²) in [6.45, 7) is 5.40. The third-order valence-corrected chi connectivity index (χ3v) is 8.35. The molecule has 7 atom stereocenters. The van der Waals surface area contributed by atoms with Crippen LogP contribution in [0.2, 0.25) is 0 Å². The minimum atomic E-state index is -1.00. The van der Waals surface area contributed by atoms with Crippen molar-refractivity contribution < 1.29 is 33.1 Å². The summed E-state index contributed by atoms with van der Waals surface area (Å²) in [5, 5.41) is 0. The maximum absolute atomic E-state index is 14.0. The van der Waals surface area contributed by atoms with Crippen molar-refractivity contribution in [3.8, 4) is 0 Å². The fourth-order valence-electron chi connectivity index (χ4n) is 6.78. The van der Waals surface area contributed by atoms with Gasteiger partial charge in [-0.15, -0.1) is 0 Å². The van der Waals surface area contributed by atoms with Crippen molar-refractivity contribution in [2.75, 3.05) is 32.8 Å². The van der Waals surface area contributed by atoms with Crippen LogP contribution in [0.25, 0.3) is 0 Å². The molecule has 4 fully saturated rings. The van der Waals surface area contributed by atoms with E-state index < -0.39 is 41.5 Å². The Morgan fingerprint density at radius 1 is 1.17 bits per heavy atom. The summed E-state index contributed by atoms with van der Waals surface area (Å²) in [4.78, 5) is 57.9. The Bertz CT molecular complexity index is 1090. The molecule has 5 aliphatic rings. The summed E-state index contributed by atoms with van der Waals surface area (Å²) >= 11 is 0. The van der Waals surface area contributed by atoms with E-state index in [1.165, 1.54) is 6.26 Å². The second kappa shape index (κ2) is 7.94. The van der Waals surface area contributed by atoms with E-state index in [1.54, 1.807) is 33.8 Å². The second-order valence-electron chi connectivity index (χ2n) is 9.99.